The summed E-state index contributed by atoms with van der Waals surface area (Å²) in [5.74, 6) is 2.14. The molecule has 3 heteroatoms. The molecular weight excluding hydrogens is 396 g/mol. The van der Waals surface area contributed by atoms with E-state index in [1.165, 1.54) is 17.6 Å². The molecule has 0 saturated heterocycles. The fourth-order valence-electron chi connectivity index (χ4n) is 7.54. The maximum absolute atomic E-state index is 12.6. The zero-order valence-electron chi connectivity index (χ0n) is 19.7. The van der Waals surface area contributed by atoms with Crippen LogP contribution in [0, 0.1) is 35.5 Å². The molecule has 170 valence electrons. The second-order valence-corrected chi connectivity index (χ2v) is 11.2. The predicted octanol–water partition coefficient (Wildman–Crippen LogP) is 6.45. The van der Waals surface area contributed by atoms with E-state index in [9.17, 15) is 9.59 Å². The lowest BCUT2D eigenvalue weighted by molar-refractivity contribution is -0.145. The molecule has 3 saturated carbocycles. The van der Waals surface area contributed by atoms with Crippen LogP contribution in [0.3, 0.4) is 0 Å². The van der Waals surface area contributed by atoms with Crippen molar-refractivity contribution in [2.45, 2.75) is 78.2 Å². The summed E-state index contributed by atoms with van der Waals surface area (Å²) in [7, 11) is 0. The molecule has 0 aliphatic heterocycles. The van der Waals surface area contributed by atoms with Crippen molar-refractivity contribution in [3.8, 4) is 0 Å². The number of Topliss-reactive ketones (excluding diaryl/α,β-unsaturated/α-hetero) is 1. The van der Waals surface area contributed by atoms with E-state index in [0.29, 0.717) is 23.5 Å². The highest BCUT2D eigenvalue weighted by Gasteiger charge is 2.58. The first kappa shape index (κ1) is 21.7. The van der Waals surface area contributed by atoms with E-state index in [1.807, 2.05) is 30.3 Å². The van der Waals surface area contributed by atoms with Crippen LogP contribution in [0.1, 0.15) is 76.3 Å². The van der Waals surface area contributed by atoms with E-state index >= 15 is 0 Å². The van der Waals surface area contributed by atoms with E-state index in [0.717, 1.165) is 50.5 Å². The maximum Gasteiger partial charge on any atom is 0.331 e. The molecule has 3 nitrogen and oxygen atoms in total. The van der Waals surface area contributed by atoms with Crippen LogP contribution < -0.4 is 0 Å². The van der Waals surface area contributed by atoms with E-state index in [-0.39, 0.29) is 22.9 Å². The molecule has 5 rings (SSSR count). The number of carbonyl (C=O) groups is 2. The lowest BCUT2D eigenvalue weighted by atomic mass is 9.48. The Kier molecular flexibility index (Phi) is 5.42. The normalized spacial score (nSPS) is 38.6. The summed E-state index contributed by atoms with van der Waals surface area (Å²) in [4.78, 5) is 25.1. The average Bonchev–Trinajstić information content (AvgIpc) is 3.08. The highest BCUT2D eigenvalue weighted by atomic mass is 16.5. The maximum atomic E-state index is 12.6. The highest BCUT2D eigenvalue weighted by molar-refractivity contribution is 5.87. The fourth-order valence-corrected chi connectivity index (χ4v) is 7.54. The number of carbonyl (C=O) groups excluding carboxylic acids is 2. The molecule has 0 spiro atoms. The molecule has 0 heterocycles. The summed E-state index contributed by atoms with van der Waals surface area (Å²) in [5.41, 5.74) is 3.86. The molecule has 0 N–H and O–H groups in total. The van der Waals surface area contributed by atoms with Crippen LogP contribution in [0.25, 0.3) is 6.08 Å². The largest absolute Gasteiger partial charge is 0.459 e. The van der Waals surface area contributed by atoms with Crippen LogP contribution in [-0.4, -0.2) is 17.9 Å². The minimum atomic E-state index is -0.244. The lowest BCUT2D eigenvalue weighted by Gasteiger charge is -2.56. The molecular formula is C29H36O3. The van der Waals surface area contributed by atoms with Crippen molar-refractivity contribution >= 4 is 17.8 Å². The Hall–Kier alpha value is -2.16. The van der Waals surface area contributed by atoms with Gasteiger partial charge in [-0.1, -0.05) is 55.3 Å². The monoisotopic (exact) mass is 432 g/mol. The van der Waals surface area contributed by atoms with Gasteiger partial charge in [0.1, 0.15) is 11.9 Å². The first-order valence-corrected chi connectivity index (χ1v) is 12.5. The Morgan fingerprint density at radius 2 is 1.75 bits per heavy atom. The van der Waals surface area contributed by atoms with Crippen molar-refractivity contribution in [3.05, 3.63) is 53.1 Å². The van der Waals surface area contributed by atoms with Crippen molar-refractivity contribution in [2.24, 2.45) is 28.6 Å². The third-order valence-electron chi connectivity index (χ3n) is 9.54. The van der Waals surface area contributed by atoms with Gasteiger partial charge in [0.15, 0.2) is 0 Å². The number of fused-ring (bicyclic) bond motifs is 5. The van der Waals surface area contributed by atoms with E-state index in [4.69, 9.17) is 4.74 Å². The minimum Gasteiger partial charge on any atom is -0.459 e. The van der Waals surface area contributed by atoms with Gasteiger partial charge in [-0.3, -0.25) is 4.79 Å². The van der Waals surface area contributed by atoms with Gasteiger partial charge in [-0.05, 0) is 80.3 Å². The van der Waals surface area contributed by atoms with Crippen LogP contribution in [0.5, 0.6) is 0 Å². The standard InChI is InChI=1S/C29H36O3/c1-19-4-6-20(7-5-19)8-13-27(31)32-22-14-16-28(2)21(18-22)9-10-23-24-11-12-26(30)29(24,3)17-15-25(23)28/h4-9,13,22-25H,10-12,14-18H2,1-3H3/b13-8+/t22-,23-,24-,25-,28-,29-/m0/s1. The van der Waals surface area contributed by atoms with Gasteiger partial charge in [0.2, 0.25) is 0 Å². The second kappa shape index (κ2) is 8.01. The van der Waals surface area contributed by atoms with Gasteiger partial charge in [-0.15, -0.1) is 0 Å². The van der Waals surface area contributed by atoms with Gasteiger partial charge in [-0.25, -0.2) is 4.79 Å². The minimum absolute atomic E-state index is 0.0250. The van der Waals surface area contributed by atoms with Gasteiger partial charge in [0, 0.05) is 24.3 Å². The Morgan fingerprint density at radius 3 is 2.53 bits per heavy atom. The molecule has 1 aromatic carbocycles. The summed E-state index contributed by atoms with van der Waals surface area (Å²) >= 11 is 0. The molecule has 0 radical (unpaired) electrons. The smallest absolute Gasteiger partial charge is 0.331 e. The molecule has 0 unspecified atom stereocenters. The first-order valence-electron chi connectivity index (χ1n) is 12.5. The molecule has 3 fully saturated rings. The third kappa shape index (κ3) is 3.58. The molecule has 4 aliphatic rings. The Morgan fingerprint density at radius 1 is 1.03 bits per heavy atom. The van der Waals surface area contributed by atoms with Gasteiger partial charge in [0.05, 0.1) is 0 Å². The van der Waals surface area contributed by atoms with Gasteiger partial charge >= 0.3 is 5.97 Å². The van der Waals surface area contributed by atoms with Crippen LogP contribution in [0.2, 0.25) is 0 Å². The highest BCUT2D eigenvalue weighted by Crippen LogP contribution is 2.64. The van der Waals surface area contributed by atoms with Crippen LogP contribution in [0.15, 0.2) is 42.0 Å². The molecule has 32 heavy (non-hydrogen) atoms. The second-order valence-electron chi connectivity index (χ2n) is 11.2. The summed E-state index contributed by atoms with van der Waals surface area (Å²) < 4.78 is 5.86. The zero-order chi connectivity index (χ0) is 22.5. The number of hydrogen-bond acceptors (Lipinski definition) is 3. The number of allylic oxidation sites excluding steroid dienone is 1. The van der Waals surface area contributed by atoms with E-state index in [1.54, 1.807) is 6.08 Å². The van der Waals surface area contributed by atoms with Crippen molar-refractivity contribution in [1.82, 2.24) is 0 Å². The number of hydrogen-bond donors (Lipinski definition) is 0. The zero-order valence-corrected chi connectivity index (χ0v) is 19.7. The SMILES string of the molecule is Cc1ccc(/C=C/C(=O)O[C@H]2CC[C@@]3(C)C(=CC[C@@H]4[C@@H]3CC[C@]3(C)C(=O)CC[C@@H]43)C2)cc1. The number of esters is 1. The molecule has 0 amide bonds. The Balaban J connectivity index is 1.25. The molecule has 4 aliphatic carbocycles. The van der Waals surface area contributed by atoms with E-state index in [2.05, 4.69) is 26.8 Å². The van der Waals surface area contributed by atoms with Crippen LogP contribution >= 0.6 is 0 Å². The predicted molar refractivity (Wildman–Crippen MR) is 127 cm³/mol. The fraction of sp³-hybridized carbons (Fsp3) is 0.586. The Bertz CT molecular complexity index is 971. The molecule has 0 bridgehead atoms. The summed E-state index contributed by atoms with van der Waals surface area (Å²) in [6.07, 6.45) is 13.9. The first-order chi connectivity index (χ1) is 15.3. The van der Waals surface area contributed by atoms with Crippen LogP contribution in [-0.2, 0) is 14.3 Å². The number of benzene rings is 1. The summed E-state index contributed by atoms with van der Waals surface area (Å²) in [5, 5.41) is 0. The topological polar surface area (TPSA) is 43.4 Å². The quantitative estimate of drug-likeness (QED) is 0.313. The van der Waals surface area contributed by atoms with Gasteiger partial charge < -0.3 is 4.74 Å². The summed E-state index contributed by atoms with van der Waals surface area (Å²) in [6, 6.07) is 8.12. The third-order valence-corrected chi connectivity index (χ3v) is 9.54. The number of ketones is 1. The van der Waals surface area contributed by atoms with Crippen molar-refractivity contribution in [2.75, 3.05) is 0 Å². The van der Waals surface area contributed by atoms with Crippen LogP contribution in [0.4, 0.5) is 0 Å². The van der Waals surface area contributed by atoms with Crippen molar-refractivity contribution < 1.29 is 14.3 Å². The Labute approximate surface area is 192 Å². The lowest BCUT2D eigenvalue weighted by Crippen LogP contribution is -2.50. The van der Waals surface area contributed by atoms with Crippen molar-refractivity contribution in [1.29, 1.82) is 0 Å². The molecule has 6 atom stereocenters. The van der Waals surface area contributed by atoms with Crippen molar-refractivity contribution in [3.63, 3.8) is 0 Å². The van der Waals surface area contributed by atoms with Gasteiger partial charge in [0.25, 0.3) is 0 Å². The number of rotatable bonds is 3. The molecule has 0 aromatic heterocycles. The number of aryl methyl sites for hydroxylation is 1. The number of ether oxygens (including phenoxy) is 1. The summed E-state index contributed by atoms with van der Waals surface area (Å²) in [6.45, 7) is 6.75. The average molecular weight is 433 g/mol. The molecule has 1 aromatic rings. The van der Waals surface area contributed by atoms with Gasteiger partial charge in [-0.2, -0.15) is 0 Å². The van der Waals surface area contributed by atoms with E-state index < -0.39 is 0 Å².